The summed E-state index contributed by atoms with van der Waals surface area (Å²) in [5.74, 6) is 2.12. The maximum Gasteiger partial charge on any atom is 0.122 e. The second-order valence-corrected chi connectivity index (χ2v) is 4.40. The maximum atomic E-state index is 5.43. The first-order valence-electron chi connectivity index (χ1n) is 6.04. The quantitative estimate of drug-likeness (QED) is 0.797. The van der Waals surface area contributed by atoms with E-state index in [1.807, 2.05) is 12.1 Å². The van der Waals surface area contributed by atoms with Crippen LogP contribution in [0.3, 0.4) is 0 Å². The van der Waals surface area contributed by atoms with Gasteiger partial charge in [-0.15, -0.1) is 0 Å². The Morgan fingerprint density at radius 1 is 1.25 bits per heavy atom. The average molecular weight is 221 g/mol. The molecule has 16 heavy (non-hydrogen) atoms. The van der Waals surface area contributed by atoms with E-state index in [2.05, 4.69) is 38.2 Å². The van der Waals surface area contributed by atoms with Crippen LogP contribution in [0.1, 0.15) is 32.3 Å². The molecule has 0 fully saturated rings. The number of ether oxygens (including phenoxy) is 1. The van der Waals surface area contributed by atoms with Crippen LogP contribution in [0.4, 0.5) is 0 Å². The van der Waals surface area contributed by atoms with Crippen LogP contribution >= 0.6 is 0 Å². The summed E-state index contributed by atoms with van der Waals surface area (Å²) in [6.45, 7) is 8.68. The fourth-order valence-electron chi connectivity index (χ4n) is 1.98. The van der Waals surface area contributed by atoms with Crippen molar-refractivity contribution >= 4 is 0 Å². The molecule has 0 heterocycles. The van der Waals surface area contributed by atoms with Crippen LogP contribution in [0.2, 0.25) is 0 Å². The summed E-state index contributed by atoms with van der Waals surface area (Å²) >= 11 is 0. The molecule has 0 saturated carbocycles. The van der Waals surface area contributed by atoms with Crippen molar-refractivity contribution in [1.29, 1.82) is 0 Å². The van der Waals surface area contributed by atoms with Gasteiger partial charge < -0.3 is 10.1 Å². The SMILES string of the molecule is CCNCC(c1ccccc1OC)C(C)C. The maximum absolute atomic E-state index is 5.43. The molecule has 0 radical (unpaired) electrons. The molecule has 1 atom stereocenters. The fraction of sp³-hybridized carbons (Fsp3) is 0.571. The highest BCUT2D eigenvalue weighted by molar-refractivity contribution is 5.36. The fourth-order valence-corrected chi connectivity index (χ4v) is 1.98. The van der Waals surface area contributed by atoms with Gasteiger partial charge in [-0.25, -0.2) is 0 Å². The number of rotatable bonds is 6. The van der Waals surface area contributed by atoms with Gasteiger partial charge in [0.25, 0.3) is 0 Å². The van der Waals surface area contributed by atoms with Gasteiger partial charge in [0.05, 0.1) is 7.11 Å². The predicted octanol–water partition coefficient (Wildman–Crippen LogP) is 3.04. The van der Waals surface area contributed by atoms with E-state index in [1.165, 1.54) is 5.56 Å². The van der Waals surface area contributed by atoms with E-state index in [1.54, 1.807) is 7.11 Å². The van der Waals surface area contributed by atoms with Gasteiger partial charge >= 0.3 is 0 Å². The number of nitrogens with one attached hydrogen (secondary N) is 1. The Bertz CT molecular complexity index is 309. The van der Waals surface area contributed by atoms with E-state index in [0.717, 1.165) is 18.8 Å². The number of hydrogen-bond acceptors (Lipinski definition) is 2. The van der Waals surface area contributed by atoms with Gasteiger partial charge in [0.1, 0.15) is 5.75 Å². The smallest absolute Gasteiger partial charge is 0.122 e. The molecule has 90 valence electrons. The van der Waals surface area contributed by atoms with Crippen LogP contribution in [0.15, 0.2) is 24.3 Å². The molecule has 0 bridgehead atoms. The molecule has 1 aromatic rings. The third-order valence-corrected chi connectivity index (χ3v) is 2.96. The van der Waals surface area contributed by atoms with E-state index < -0.39 is 0 Å². The minimum absolute atomic E-state index is 0.510. The van der Waals surface area contributed by atoms with Gasteiger partial charge in [-0.05, 0) is 24.1 Å². The molecular weight excluding hydrogens is 198 g/mol. The van der Waals surface area contributed by atoms with Gasteiger partial charge in [0, 0.05) is 12.5 Å². The zero-order valence-corrected chi connectivity index (χ0v) is 10.8. The van der Waals surface area contributed by atoms with Crippen molar-refractivity contribution in [1.82, 2.24) is 5.32 Å². The Balaban J connectivity index is 2.91. The Labute approximate surface area is 99.0 Å². The highest BCUT2D eigenvalue weighted by atomic mass is 16.5. The van der Waals surface area contributed by atoms with Crippen molar-refractivity contribution in [3.05, 3.63) is 29.8 Å². The topological polar surface area (TPSA) is 21.3 Å². The van der Waals surface area contributed by atoms with Crippen molar-refractivity contribution in [3.8, 4) is 5.75 Å². The summed E-state index contributed by atoms with van der Waals surface area (Å²) in [5.41, 5.74) is 1.31. The van der Waals surface area contributed by atoms with Gasteiger partial charge in [0.2, 0.25) is 0 Å². The lowest BCUT2D eigenvalue weighted by Gasteiger charge is -2.23. The van der Waals surface area contributed by atoms with Crippen LogP contribution in [0.5, 0.6) is 5.75 Å². The summed E-state index contributed by atoms with van der Waals surface area (Å²) in [6.07, 6.45) is 0. The van der Waals surface area contributed by atoms with Crippen LogP contribution in [-0.4, -0.2) is 20.2 Å². The summed E-state index contributed by atoms with van der Waals surface area (Å²) in [5, 5.41) is 3.42. The van der Waals surface area contributed by atoms with Crippen molar-refractivity contribution in [2.45, 2.75) is 26.7 Å². The molecular formula is C14H23NO. The highest BCUT2D eigenvalue weighted by Gasteiger charge is 2.18. The Kier molecular flexibility index (Phi) is 5.33. The number of hydrogen-bond donors (Lipinski definition) is 1. The number of benzene rings is 1. The lowest BCUT2D eigenvalue weighted by atomic mass is 9.87. The second kappa shape index (κ2) is 6.54. The molecule has 1 unspecified atom stereocenters. The number of methoxy groups -OCH3 is 1. The lowest BCUT2D eigenvalue weighted by Crippen LogP contribution is -2.24. The summed E-state index contributed by atoms with van der Waals surface area (Å²) < 4.78 is 5.43. The molecule has 0 aliphatic carbocycles. The van der Waals surface area contributed by atoms with Gasteiger partial charge in [-0.3, -0.25) is 0 Å². The highest BCUT2D eigenvalue weighted by Crippen LogP contribution is 2.31. The molecule has 1 rings (SSSR count). The van der Waals surface area contributed by atoms with E-state index in [-0.39, 0.29) is 0 Å². The summed E-state index contributed by atoms with van der Waals surface area (Å²) in [7, 11) is 1.74. The summed E-state index contributed by atoms with van der Waals surface area (Å²) in [6, 6.07) is 8.31. The molecule has 0 spiro atoms. The molecule has 0 amide bonds. The molecule has 1 aromatic carbocycles. The monoisotopic (exact) mass is 221 g/mol. The zero-order valence-electron chi connectivity index (χ0n) is 10.8. The van der Waals surface area contributed by atoms with Crippen LogP contribution in [0, 0.1) is 5.92 Å². The molecule has 0 aromatic heterocycles. The molecule has 0 aliphatic heterocycles. The van der Waals surface area contributed by atoms with E-state index in [4.69, 9.17) is 4.74 Å². The zero-order chi connectivity index (χ0) is 12.0. The second-order valence-electron chi connectivity index (χ2n) is 4.40. The predicted molar refractivity (Wildman–Crippen MR) is 69.1 cm³/mol. The van der Waals surface area contributed by atoms with Crippen molar-refractivity contribution in [3.63, 3.8) is 0 Å². The molecule has 0 aliphatic rings. The lowest BCUT2D eigenvalue weighted by molar-refractivity contribution is 0.390. The minimum Gasteiger partial charge on any atom is -0.496 e. The van der Waals surface area contributed by atoms with E-state index in [0.29, 0.717) is 11.8 Å². The first kappa shape index (κ1) is 13.0. The summed E-state index contributed by atoms with van der Waals surface area (Å²) in [4.78, 5) is 0. The number of likely N-dealkylation sites (N-methyl/N-ethyl adjacent to an activating group) is 1. The van der Waals surface area contributed by atoms with Crippen molar-refractivity contribution < 1.29 is 4.74 Å². The van der Waals surface area contributed by atoms with Crippen LogP contribution in [-0.2, 0) is 0 Å². The van der Waals surface area contributed by atoms with Gasteiger partial charge in [-0.2, -0.15) is 0 Å². The van der Waals surface area contributed by atoms with Crippen molar-refractivity contribution in [2.75, 3.05) is 20.2 Å². The molecule has 2 nitrogen and oxygen atoms in total. The van der Waals surface area contributed by atoms with Crippen LogP contribution in [0.25, 0.3) is 0 Å². The Morgan fingerprint density at radius 2 is 1.94 bits per heavy atom. The van der Waals surface area contributed by atoms with Crippen LogP contribution < -0.4 is 10.1 Å². The average Bonchev–Trinajstić information content (AvgIpc) is 2.29. The molecule has 2 heteroatoms. The normalized spacial score (nSPS) is 12.8. The van der Waals surface area contributed by atoms with Crippen molar-refractivity contribution in [2.24, 2.45) is 5.92 Å². The first-order chi connectivity index (χ1) is 7.70. The first-order valence-corrected chi connectivity index (χ1v) is 6.04. The Morgan fingerprint density at radius 3 is 2.50 bits per heavy atom. The standard InChI is InChI=1S/C14H23NO/c1-5-15-10-13(11(2)3)12-8-6-7-9-14(12)16-4/h6-9,11,13,15H,5,10H2,1-4H3. The van der Waals surface area contributed by atoms with Gasteiger partial charge in [0.15, 0.2) is 0 Å². The molecule has 1 N–H and O–H groups in total. The number of para-hydroxylation sites is 1. The largest absolute Gasteiger partial charge is 0.496 e. The van der Waals surface area contributed by atoms with Gasteiger partial charge in [-0.1, -0.05) is 39.0 Å². The Hall–Kier alpha value is -1.02. The molecule has 0 saturated heterocycles. The van der Waals surface area contributed by atoms with E-state index >= 15 is 0 Å². The van der Waals surface area contributed by atoms with E-state index in [9.17, 15) is 0 Å². The minimum atomic E-state index is 0.510. The third-order valence-electron chi connectivity index (χ3n) is 2.96. The third kappa shape index (κ3) is 3.24.